The van der Waals surface area contributed by atoms with Crippen molar-refractivity contribution in [1.29, 1.82) is 0 Å². The average Bonchev–Trinajstić information content (AvgIpc) is 3.48. The molecule has 1 saturated carbocycles. The molecule has 2 aromatic heterocycles. The third kappa shape index (κ3) is 3.60. The summed E-state index contributed by atoms with van der Waals surface area (Å²) in [6.45, 7) is 1.63. The summed E-state index contributed by atoms with van der Waals surface area (Å²) in [6.07, 6.45) is 6.48. The van der Waals surface area contributed by atoms with E-state index >= 15 is 0 Å². The van der Waals surface area contributed by atoms with Gasteiger partial charge in [0.2, 0.25) is 5.91 Å². The smallest absolute Gasteiger partial charge is 0.226 e. The number of thiazole rings is 1. The first-order chi connectivity index (χ1) is 15.8. The van der Waals surface area contributed by atoms with Crippen molar-refractivity contribution in [2.75, 3.05) is 13.1 Å². The van der Waals surface area contributed by atoms with E-state index in [0.717, 1.165) is 72.6 Å². The summed E-state index contributed by atoms with van der Waals surface area (Å²) in [7, 11) is 0. The van der Waals surface area contributed by atoms with Gasteiger partial charge in [-0.05, 0) is 49.9 Å². The molecule has 1 N–H and O–H groups in total. The fourth-order valence-electron chi connectivity index (χ4n) is 5.57. The molecule has 6 rings (SSSR count). The van der Waals surface area contributed by atoms with Crippen LogP contribution in [0.25, 0.3) is 21.3 Å². The van der Waals surface area contributed by atoms with Crippen LogP contribution in [-0.4, -0.2) is 38.8 Å². The van der Waals surface area contributed by atoms with Gasteiger partial charge in [0.1, 0.15) is 5.82 Å². The first-order valence-electron chi connectivity index (χ1n) is 11.8. The summed E-state index contributed by atoms with van der Waals surface area (Å²) >= 11 is 1.77. The molecule has 2 aromatic carbocycles. The Bertz CT molecular complexity index is 1190. The van der Waals surface area contributed by atoms with Crippen molar-refractivity contribution >= 4 is 38.5 Å². The number of piperidine rings is 1. The number of H-pyrrole nitrogens is 1. The molecule has 164 valence electrons. The highest BCUT2D eigenvalue weighted by Crippen LogP contribution is 2.42. The van der Waals surface area contributed by atoms with Crippen LogP contribution in [0.1, 0.15) is 61.2 Å². The molecule has 5 nitrogen and oxygen atoms in total. The van der Waals surface area contributed by atoms with Gasteiger partial charge in [-0.3, -0.25) is 4.79 Å². The number of para-hydroxylation sites is 3. The van der Waals surface area contributed by atoms with Gasteiger partial charge in [0.25, 0.3) is 0 Å². The highest BCUT2D eigenvalue weighted by molar-refractivity contribution is 7.18. The minimum absolute atomic E-state index is 0.0544. The van der Waals surface area contributed by atoms with Crippen LogP contribution >= 0.6 is 11.3 Å². The Labute approximate surface area is 191 Å². The third-order valence-corrected chi connectivity index (χ3v) is 8.41. The molecule has 1 aliphatic heterocycles. The summed E-state index contributed by atoms with van der Waals surface area (Å²) in [5.41, 5.74) is 3.15. The number of benzene rings is 2. The highest BCUT2D eigenvalue weighted by atomic mass is 32.1. The standard InChI is InChI=1S/C26H28N4OS/c31-26(19-10-2-1-9-18(19)25-29-22-13-5-6-14-23(22)32-25)30-15-7-8-17(16-30)24-27-20-11-3-4-12-21(20)28-24/h3-6,11-14,17-19H,1-2,7-10,15-16H2,(H,27,28). The van der Waals surface area contributed by atoms with E-state index in [1.54, 1.807) is 11.3 Å². The number of imidazole rings is 1. The van der Waals surface area contributed by atoms with Crippen LogP contribution in [0.4, 0.5) is 0 Å². The van der Waals surface area contributed by atoms with Gasteiger partial charge in [-0.15, -0.1) is 11.3 Å². The van der Waals surface area contributed by atoms with Gasteiger partial charge >= 0.3 is 0 Å². The van der Waals surface area contributed by atoms with Gasteiger partial charge in [-0.2, -0.15) is 0 Å². The maximum atomic E-state index is 13.8. The second-order valence-electron chi connectivity index (χ2n) is 9.28. The molecule has 3 atom stereocenters. The molecule has 1 saturated heterocycles. The number of aromatic amines is 1. The molecular weight excluding hydrogens is 416 g/mol. The van der Waals surface area contributed by atoms with Crippen molar-refractivity contribution in [3.63, 3.8) is 0 Å². The van der Waals surface area contributed by atoms with Crippen LogP contribution < -0.4 is 0 Å². The second-order valence-corrected chi connectivity index (χ2v) is 10.3. The number of amides is 1. The van der Waals surface area contributed by atoms with E-state index in [9.17, 15) is 4.79 Å². The summed E-state index contributed by atoms with van der Waals surface area (Å²) in [6, 6.07) is 16.5. The highest BCUT2D eigenvalue weighted by Gasteiger charge is 2.38. The molecule has 2 aliphatic rings. The molecule has 0 radical (unpaired) electrons. The molecule has 2 fully saturated rings. The van der Waals surface area contributed by atoms with Crippen molar-refractivity contribution in [2.45, 2.75) is 50.4 Å². The predicted molar refractivity (Wildman–Crippen MR) is 129 cm³/mol. The molecule has 6 heteroatoms. The molecule has 4 aromatic rings. The van der Waals surface area contributed by atoms with Gasteiger partial charge < -0.3 is 9.88 Å². The molecule has 3 unspecified atom stereocenters. The Balaban J connectivity index is 1.23. The average molecular weight is 445 g/mol. The summed E-state index contributed by atoms with van der Waals surface area (Å²) < 4.78 is 1.22. The molecule has 1 aliphatic carbocycles. The van der Waals surface area contributed by atoms with E-state index in [2.05, 4.69) is 34.1 Å². The monoisotopic (exact) mass is 444 g/mol. The van der Waals surface area contributed by atoms with Crippen molar-refractivity contribution in [3.8, 4) is 0 Å². The van der Waals surface area contributed by atoms with E-state index in [1.165, 1.54) is 11.1 Å². The predicted octanol–water partition coefficient (Wildman–Crippen LogP) is 5.85. The zero-order valence-electron chi connectivity index (χ0n) is 18.2. The van der Waals surface area contributed by atoms with Gasteiger partial charge in [0.05, 0.1) is 26.3 Å². The minimum Gasteiger partial charge on any atom is -0.342 e. The SMILES string of the molecule is O=C(C1CCCCC1c1nc2ccccc2s1)N1CCCC(c2nc3ccccc3[nH]2)C1. The van der Waals surface area contributed by atoms with Crippen LogP contribution in [-0.2, 0) is 4.79 Å². The molecule has 3 heterocycles. The second kappa shape index (κ2) is 8.32. The van der Waals surface area contributed by atoms with Crippen LogP contribution in [0.15, 0.2) is 48.5 Å². The summed E-state index contributed by atoms with van der Waals surface area (Å²) in [4.78, 5) is 29.2. The lowest BCUT2D eigenvalue weighted by Crippen LogP contribution is -2.44. The number of nitrogens with zero attached hydrogens (tertiary/aromatic N) is 3. The van der Waals surface area contributed by atoms with Gasteiger partial charge in [-0.25, -0.2) is 9.97 Å². The van der Waals surface area contributed by atoms with Crippen LogP contribution in [0.2, 0.25) is 0 Å². The number of likely N-dealkylation sites (tertiary alicyclic amines) is 1. The van der Waals surface area contributed by atoms with Crippen molar-refractivity contribution < 1.29 is 4.79 Å². The molecule has 32 heavy (non-hydrogen) atoms. The zero-order valence-corrected chi connectivity index (χ0v) is 19.0. The zero-order chi connectivity index (χ0) is 21.5. The summed E-state index contributed by atoms with van der Waals surface area (Å²) in [5, 5.41) is 1.15. The lowest BCUT2D eigenvalue weighted by molar-refractivity contribution is -0.138. The number of carbonyl (C=O) groups is 1. The fraction of sp³-hybridized carbons (Fsp3) is 0.423. The number of carbonyl (C=O) groups excluding carboxylic acids is 1. The van der Waals surface area contributed by atoms with E-state index in [1.807, 2.05) is 24.3 Å². The molecule has 0 spiro atoms. The maximum Gasteiger partial charge on any atom is 0.226 e. The van der Waals surface area contributed by atoms with E-state index in [4.69, 9.17) is 9.97 Å². The Kier molecular flexibility index (Phi) is 5.18. The number of fused-ring (bicyclic) bond motifs is 2. The fourth-order valence-corrected chi connectivity index (χ4v) is 6.74. The van der Waals surface area contributed by atoms with E-state index in [0.29, 0.717) is 5.91 Å². The molecular formula is C26H28N4OS. The topological polar surface area (TPSA) is 61.9 Å². The van der Waals surface area contributed by atoms with Gasteiger partial charge in [0.15, 0.2) is 0 Å². The molecule has 1 amide bonds. The van der Waals surface area contributed by atoms with Crippen LogP contribution in [0.3, 0.4) is 0 Å². The lowest BCUT2D eigenvalue weighted by atomic mass is 9.78. The Morgan fingerprint density at radius 3 is 2.62 bits per heavy atom. The van der Waals surface area contributed by atoms with Crippen molar-refractivity contribution in [2.24, 2.45) is 5.92 Å². The Morgan fingerprint density at radius 1 is 0.938 bits per heavy atom. The Morgan fingerprint density at radius 2 is 1.75 bits per heavy atom. The van der Waals surface area contributed by atoms with E-state index in [-0.39, 0.29) is 17.8 Å². The van der Waals surface area contributed by atoms with Gasteiger partial charge in [0, 0.05) is 30.8 Å². The lowest BCUT2D eigenvalue weighted by Gasteiger charge is -2.37. The van der Waals surface area contributed by atoms with Gasteiger partial charge in [-0.1, -0.05) is 37.1 Å². The summed E-state index contributed by atoms with van der Waals surface area (Å²) in [5.74, 6) is 1.94. The minimum atomic E-state index is 0.0544. The number of rotatable bonds is 3. The van der Waals surface area contributed by atoms with E-state index < -0.39 is 0 Å². The normalized spacial score (nSPS) is 24.2. The maximum absolute atomic E-state index is 13.8. The van der Waals surface area contributed by atoms with Crippen LogP contribution in [0.5, 0.6) is 0 Å². The quantitative estimate of drug-likeness (QED) is 0.431. The first-order valence-corrected chi connectivity index (χ1v) is 12.7. The number of aromatic nitrogens is 3. The van der Waals surface area contributed by atoms with Crippen LogP contribution in [0, 0.1) is 5.92 Å². The number of hydrogen-bond acceptors (Lipinski definition) is 4. The van der Waals surface area contributed by atoms with Crippen molar-refractivity contribution in [3.05, 3.63) is 59.4 Å². The number of nitrogens with one attached hydrogen (secondary N) is 1. The van der Waals surface area contributed by atoms with Crippen molar-refractivity contribution in [1.82, 2.24) is 19.9 Å². The molecule has 0 bridgehead atoms. The number of hydrogen-bond donors (Lipinski definition) is 1. The third-order valence-electron chi connectivity index (χ3n) is 7.24. The first kappa shape index (κ1) is 19.9. The Hall–Kier alpha value is -2.73. The largest absolute Gasteiger partial charge is 0.342 e.